The van der Waals surface area contributed by atoms with Gasteiger partial charge in [0.1, 0.15) is 0 Å². The lowest BCUT2D eigenvalue weighted by Gasteiger charge is -2.12. The van der Waals surface area contributed by atoms with Crippen molar-refractivity contribution < 1.29 is 0 Å². The van der Waals surface area contributed by atoms with E-state index >= 15 is 0 Å². The minimum Gasteiger partial charge on any atom is -0.304 e. The number of hydrogen-bond acceptors (Lipinski definition) is 4. The van der Waals surface area contributed by atoms with Crippen molar-refractivity contribution in [1.29, 1.82) is 0 Å². The fraction of sp³-hybridized carbons (Fsp3) is 0.188. The van der Waals surface area contributed by atoms with Crippen LogP contribution in [0.5, 0.6) is 0 Å². The Labute approximate surface area is 130 Å². The van der Waals surface area contributed by atoms with E-state index in [1.165, 1.54) is 15.6 Å². The molecule has 0 spiro atoms. The zero-order valence-corrected chi connectivity index (χ0v) is 13.2. The van der Waals surface area contributed by atoms with Gasteiger partial charge in [-0.25, -0.2) is 4.98 Å². The molecule has 0 aliphatic rings. The Morgan fingerprint density at radius 2 is 2.19 bits per heavy atom. The van der Waals surface area contributed by atoms with E-state index in [-0.39, 0.29) is 0 Å². The second-order valence-electron chi connectivity index (χ2n) is 5.11. The minimum atomic E-state index is 0.320. The Balaban J connectivity index is 1.52. The van der Waals surface area contributed by atoms with Crippen molar-refractivity contribution in [2.75, 3.05) is 0 Å². The normalized spacial score (nSPS) is 13.2. The third-order valence-electron chi connectivity index (χ3n) is 3.71. The Morgan fingerprint density at radius 1 is 1.29 bits per heavy atom. The highest BCUT2D eigenvalue weighted by molar-refractivity contribution is 7.17. The first-order chi connectivity index (χ1) is 10.3. The molecule has 4 aromatic rings. The minimum absolute atomic E-state index is 0.320. The van der Waals surface area contributed by atoms with Crippen molar-refractivity contribution in [1.82, 2.24) is 14.7 Å². The summed E-state index contributed by atoms with van der Waals surface area (Å²) in [4.78, 5) is 5.67. The van der Waals surface area contributed by atoms with Crippen molar-refractivity contribution in [3.63, 3.8) is 0 Å². The topological polar surface area (TPSA) is 29.3 Å². The SMILES string of the molecule is CC(NCc1cn2ccsc2n1)c1csc2ccccc12. The van der Waals surface area contributed by atoms with E-state index in [2.05, 4.69) is 62.8 Å². The monoisotopic (exact) mass is 313 g/mol. The number of nitrogens with one attached hydrogen (secondary N) is 1. The van der Waals surface area contributed by atoms with Crippen molar-refractivity contribution in [3.8, 4) is 0 Å². The van der Waals surface area contributed by atoms with Gasteiger partial charge in [-0.05, 0) is 29.3 Å². The predicted molar refractivity (Wildman–Crippen MR) is 90.1 cm³/mol. The van der Waals surface area contributed by atoms with Gasteiger partial charge in [0, 0.05) is 35.1 Å². The maximum absolute atomic E-state index is 4.61. The van der Waals surface area contributed by atoms with Crippen LogP contribution in [0.1, 0.15) is 24.2 Å². The van der Waals surface area contributed by atoms with Crippen molar-refractivity contribution in [3.05, 3.63) is 58.7 Å². The van der Waals surface area contributed by atoms with E-state index < -0.39 is 0 Å². The molecule has 106 valence electrons. The summed E-state index contributed by atoms with van der Waals surface area (Å²) >= 11 is 3.48. The Morgan fingerprint density at radius 3 is 3.10 bits per heavy atom. The summed E-state index contributed by atoms with van der Waals surface area (Å²) in [6, 6.07) is 8.90. The molecule has 1 atom stereocenters. The van der Waals surface area contributed by atoms with Gasteiger partial charge >= 0.3 is 0 Å². The lowest BCUT2D eigenvalue weighted by atomic mass is 10.1. The number of fused-ring (bicyclic) bond motifs is 2. The Hall–Kier alpha value is -1.69. The predicted octanol–water partition coefficient (Wildman–Crippen LogP) is 4.46. The van der Waals surface area contributed by atoms with Crippen LogP contribution in [0.2, 0.25) is 0 Å². The molecule has 21 heavy (non-hydrogen) atoms. The van der Waals surface area contributed by atoms with Gasteiger partial charge < -0.3 is 5.32 Å². The van der Waals surface area contributed by atoms with Crippen LogP contribution in [-0.2, 0) is 6.54 Å². The molecule has 0 amide bonds. The van der Waals surface area contributed by atoms with Crippen LogP contribution in [0.3, 0.4) is 0 Å². The van der Waals surface area contributed by atoms with Crippen LogP contribution in [0, 0.1) is 0 Å². The van der Waals surface area contributed by atoms with E-state index in [9.17, 15) is 0 Å². The Kier molecular flexibility index (Phi) is 3.25. The van der Waals surface area contributed by atoms with Crippen LogP contribution in [0.25, 0.3) is 15.0 Å². The zero-order chi connectivity index (χ0) is 14.2. The first-order valence-corrected chi connectivity index (χ1v) is 8.68. The number of benzene rings is 1. The third-order valence-corrected chi connectivity index (χ3v) is 5.46. The van der Waals surface area contributed by atoms with E-state index in [1.54, 1.807) is 11.3 Å². The number of thiazole rings is 1. The molecule has 3 aromatic heterocycles. The maximum Gasteiger partial charge on any atom is 0.193 e. The highest BCUT2D eigenvalue weighted by Crippen LogP contribution is 2.30. The van der Waals surface area contributed by atoms with Crippen molar-refractivity contribution in [2.45, 2.75) is 19.5 Å². The summed E-state index contributed by atoms with van der Waals surface area (Å²) in [5.41, 5.74) is 2.46. The zero-order valence-electron chi connectivity index (χ0n) is 11.6. The van der Waals surface area contributed by atoms with Crippen LogP contribution in [0.15, 0.2) is 47.4 Å². The lowest BCUT2D eigenvalue weighted by Crippen LogP contribution is -2.17. The summed E-state index contributed by atoms with van der Waals surface area (Å²) in [6.45, 7) is 3.01. The van der Waals surface area contributed by atoms with Crippen LogP contribution in [-0.4, -0.2) is 9.38 Å². The van der Waals surface area contributed by atoms with E-state index in [0.717, 1.165) is 17.2 Å². The second-order valence-corrected chi connectivity index (χ2v) is 6.90. The van der Waals surface area contributed by atoms with Gasteiger partial charge in [0.15, 0.2) is 4.96 Å². The van der Waals surface area contributed by atoms with Gasteiger partial charge in [0.25, 0.3) is 0 Å². The summed E-state index contributed by atoms with van der Waals surface area (Å²) in [5, 5.41) is 9.25. The van der Waals surface area contributed by atoms with Crippen LogP contribution >= 0.6 is 22.7 Å². The smallest absolute Gasteiger partial charge is 0.193 e. The first kappa shape index (κ1) is 13.0. The number of imidazole rings is 1. The molecular weight excluding hydrogens is 298 g/mol. The summed E-state index contributed by atoms with van der Waals surface area (Å²) in [7, 11) is 0. The van der Waals surface area contributed by atoms with Crippen molar-refractivity contribution >= 4 is 37.7 Å². The molecule has 0 aliphatic carbocycles. The standard InChI is InChI=1S/C16H15N3S2/c1-11(14-10-21-15-5-3-2-4-13(14)15)17-8-12-9-19-6-7-20-16(19)18-12/h2-7,9-11,17H,8H2,1H3. The number of nitrogens with zero attached hydrogens (tertiary/aromatic N) is 2. The average molecular weight is 313 g/mol. The molecule has 4 rings (SSSR count). The molecule has 0 aliphatic heterocycles. The second kappa shape index (κ2) is 5.26. The number of hydrogen-bond donors (Lipinski definition) is 1. The quantitative estimate of drug-likeness (QED) is 0.602. The van der Waals surface area contributed by atoms with Gasteiger partial charge in [-0.2, -0.15) is 0 Å². The molecule has 1 aromatic carbocycles. The lowest BCUT2D eigenvalue weighted by molar-refractivity contribution is 0.573. The molecule has 5 heteroatoms. The van der Waals surface area contributed by atoms with Crippen LogP contribution < -0.4 is 5.32 Å². The first-order valence-electron chi connectivity index (χ1n) is 6.92. The highest BCUT2D eigenvalue weighted by Gasteiger charge is 2.11. The fourth-order valence-corrected chi connectivity index (χ4v) is 4.34. The van der Waals surface area contributed by atoms with E-state index in [1.807, 2.05) is 17.5 Å². The fourth-order valence-electron chi connectivity index (χ4n) is 2.56. The van der Waals surface area contributed by atoms with Crippen molar-refractivity contribution in [2.24, 2.45) is 0 Å². The number of thiophene rings is 1. The third kappa shape index (κ3) is 2.37. The van der Waals surface area contributed by atoms with E-state index in [0.29, 0.717) is 6.04 Å². The summed E-state index contributed by atoms with van der Waals surface area (Å²) < 4.78 is 3.43. The van der Waals surface area contributed by atoms with Gasteiger partial charge in [0.2, 0.25) is 0 Å². The molecule has 0 radical (unpaired) electrons. The van der Waals surface area contributed by atoms with Gasteiger partial charge in [-0.15, -0.1) is 22.7 Å². The number of aromatic nitrogens is 2. The Bertz CT molecular complexity index is 858. The van der Waals surface area contributed by atoms with Gasteiger partial charge in [0.05, 0.1) is 5.69 Å². The molecule has 3 nitrogen and oxygen atoms in total. The molecule has 0 fully saturated rings. The van der Waals surface area contributed by atoms with Gasteiger partial charge in [-0.1, -0.05) is 18.2 Å². The summed E-state index contributed by atoms with van der Waals surface area (Å²) in [6.07, 6.45) is 4.14. The van der Waals surface area contributed by atoms with Gasteiger partial charge in [-0.3, -0.25) is 4.40 Å². The largest absolute Gasteiger partial charge is 0.304 e. The molecular formula is C16H15N3S2. The summed E-state index contributed by atoms with van der Waals surface area (Å²) in [5.74, 6) is 0. The number of rotatable bonds is 4. The molecule has 0 bridgehead atoms. The van der Waals surface area contributed by atoms with Crippen LogP contribution in [0.4, 0.5) is 0 Å². The molecule has 3 heterocycles. The van der Waals surface area contributed by atoms with E-state index in [4.69, 9.17) is 0 Å². The molecule has 1 unspecified atom stereocenters. The highest BCUT2D eigenvalue weighted by atomic mass is 32.1. The molecule has 0 saturated heterocycles. The maximum atomic E-state index is 4.61. The molecule has 1 N–H and O–H groups in total. The molecule has 0 saturated carbocycles. The average Bonchev–Trinajstić information content (AvgIpc) is 3.18.